The van der Waals surface area contributed by atoms with Gasteiger partial charge < -0.3 is 10.0 Å². The highest BCUT2D eigenvalue weighted by molar-refractivity contribution is 7.10. The van der Waals surface area contributed by atoms with E-state index in [1.54, 1.807) is 11.9 Å². The maximum atomic E-state index is 12.2. The molecule has 122 valence electrons. The Hall–Kier alpha value is -1.99. The van der Waals surface area contributed by atoms with Gasteiger partial charge in [0.15, 0.2) is 5.82 Å². The zero-order chi connectivity index (χ0) is 16.2. The number of carbonyl (C=O) groups is 1. The van der Waals surface area contributed by atoms with Crippen molar-refractivity contribution in [3.8, 4) is 11.4 Å². The molecule has 1 aromatic heterocycles. The Labute approximate surface area is 139 Å². The molecule has 1 fully saturated rings. The van der Waals surface area contributed by atoms with Crippen molar-refractivity contribution >= 4 is 22.7 Å². The fourth-order valence-corrected chi connectivity index (χ4v) is 3.41. The second kappa shape index (κ2) is 7.06. The Morgan fingerprint density at radius 3 is 2.87 bits per heavy atom. The zero-order valence-electron chi connectivity index (χ0n) is 13.0. The summed E-state index contributed by atoms with van der Waals surface area (Å²) in [7, 11) is 1.74. The molecule has 1 aliphatic carbocycles. The van der Waals surface area contributed by atoms with Gasteiger partial charge in [-0.1, -0.05) is 36.8 Å². The van der Waals surface area contributed by atoms with Crippen molar-refractivity contribution in [1.82, 2.24) is 14.3 Å². The lowest BCUT2D eigenvalue weighted by atomic mass is 10.1. The number of amides is 2. The molecule has 0 aliphatic heterocycles. The fraction of sp³-hybridized carbons (Fsp3) is 0.438. The lowest BCUT2D eigenvalue weighted by Gasteiger charge is -2.22. The first-order valence-corrected chi connectivity index (χ1v) is 8.50. The van der Waals surface area contributed by atoms with Gasteiger partial charge in [0, 0.05) is 36.6 Å². The van der Waals surface area contributed by atoms with Gasteiger partial charge in [-0.25, -0.2) is 4.79 Å². The highest BCUT2D eigenvalue weighted by Crippen LogP contribution is 2.26. The van der Waals surface area contributed by atoms with Crippen molar-refractivity contribution < 1.29 is 9.90 Å². The second-order valence-corrected chi connectivity index (χ2v) is 6.61. The molecule has 2 amide bonds. The summed E-state index contributed by atoms with van der Waals surface area (Å²) in [6, 6.07) is 9.43. The van der Waals surface area contributed by atoms with Gasteiger partial charge in [0.1, 0.15) is 0 Å². The molecule has 0 saturated heterocycles. The monoisotopic (exact) mass is 332 g/mol. The number of carbonyl (C=O) groups excluding carboxylic acids is 1. The van der Waals surface area contributed by atoms with Crippen molar-refractivity contribution in [2.75, 3.05) is 18.9 Å². The van der Waals surface area contributed by atoms with Crippen molar-refractivity contribution in [2.24, 2.45) is 5.92 Å². The molecule has 2 unspecified atom stereocenters. The summed E-state index contributed by atoms with van der Waals surface area (Å²) in [6.07, 6.45) is 2.53. The smallest absolute Gasteiger partial charge is 0.323 e. The number of aliphatic hydroxyl groups is 1. The van der Waals surface area contributed by atoms with Crippen molar-refractivity contribution in [3.63, 3.8) is 0 Å². The first kappa shape index (κ1) is 15.9. The molecule has 1 heterocycles. The summed E-state index contributed by atoms with van der Waals surface area (Å²) in [5, 5.41) is 13.1. The summed E-state index contributed by atoms with van der Waals surface area (Å²) >= 11 is 1.16. The van der Waals surface area contributed by atoms with Gasteiger partial charge in [-0.3, -0.25) is 5.32 Å². The van der Waals surface area contributed by atoms with E-state index < -0.39 is 0 Å². The van der Waals surface area contributed by atoms with Crippen LogP contribution in [0.4, 0.5) is 9.93 Å². The van der Waals surface area contributed by atoms with Crippen LogP contribution >= 0.6 is 11.5 Å². The Morgan fingerprint density at radius 1 is 1.39 bits per heavy atom. The van der Waals surface area contributed by atoms with Crippen LogP contribution in [0.2, 0.25) is 0 Å². The predicted octanol–water partition coefficient (Wildman–Crippen LogP) is 2.83. The van der Waals surface area contributed by atoms with E-state index in [1.165, 1.54) is 0 Å². The normalized spacial score (nSPS) is 20.4. The van der Waals surface area contributed by atoms with Crippen LogP contribution < -0.4 is 5.32 Å². The zero-order valence-corrected chi connectivity index (χ0v) is 13.8. The number of hydrogen-bond donors (Lipinski definition) is 2. The predicted molar refractivity (Wildman–Crippen MR) is 90.3 cm³/mol. The van der Waals surface area contributed by atoms with Crippen molar-refractivity contribution in [3.05, 3.63) is 30.3 Å². The van der Waals surface area contributed by atoms with Gasteiger partial charge in [0.05, 0.1) is 6.10 Å². The van der Waals surface area contributed by atoms with Crippen LogP contribution in [0.15, 0.2) is 30.3 Å². The number of aromatic nitrogens is 2. The Kier molecular flexibility index (Phi) is 4.88. The van der Waals surface area contributed by atoms with Crippen LogP contribution in [0.1, 0.15) is 19.3 Å². The first-order chi connectivity index (χ1) is 11.1. The molecule has 7 heteroatoms. The van der Waals surface area contributed by atoms with Gasteiger partial charge in [-0.05, 0) is 12.8 Å². The number of nitrogens with one attached hydrogen (secondary N) is 1. The summed E-state index contributed by atoms with van der Waals surface area (Å²) in [4.78, 5) is 18.2. The number of aliphatic hydroxyl groups excluding tert-OH is 1. The molecule has 23 heavy (non-hydrogen) atoms. The molecule has 0 radical (unpaired) electrons. The molecule has 1 aromatic carbocycles. The van der Waals surface area contributed by atoms with E-state index in [-0.39, 0.29) is 18.1 Å². The van der Waals surface area contributed by atoms with E-state index in [2.05, 4.69) is 14.7 Å². The molecule has 0 spiro atoms. The van der Waals surface area contributed by atoms with Gasteiger partial charge in [0.2, 0.25) is 5.13 Å². The van der Waals surface area contributed by atoms with Crippen LogP contribution in [0, 0.1) is 5.92 Å². The quantitative estimate of drug-likeness (QED) is 0.902. The maximum absolute atomic E-state index is 12.2. The van der Waals surface area contributed by atoms with Crippen LogP contribution in [0.5, 0.6) is 0 Å². The minimum atomic E-state index is -0.295. The van der Waals surface area contributed by atoms with E-state index in [0.29, 0.717) is 17.5 Å². The number of urea groups is 1. The molecular formula is C16H20N4O2S. The van der Waals surface area contributed by atoms with E-state index >= 15 is 0 Å². The van der Waals surface area contributed by atoms with Crippen molar-refractivity contribution in [2.45, 2.75) is 25.4 Å². The lowest BCUT2D eigenvalue weighted by Crippen LogP contribution is -2.37. The van der Waals surface area contributed by atoms with Gasteiger partial charge in [-0.2, -0.15) is 9.36 Å². The summed E-state index contributed by atoms with van der Waals surface area (Å²) in [6.45, 7) is 0.553. The average Bonchev–Trinajstić information content (AvgIpc) is 3.18. The number of hydrogen-bond acceptors (Lipinski definition) is 5. The Balaban J connectivity index is 1.58. The minimum absolute atomic E-state index is 0.167. The number of rotatable bonds is 4. The molecule has 6 nitrogen and oxygen atoms in total. The highest BCUT2D eigenvalue weighted by Gasteiger charge is 2.27. The maximum Gasteiger partial charge on any atom is 0.323 e. The van der Waals surface area contributed by atoms with E-state index in [0.717, 1.165) is 36.4 Å². The summed E-state index contributed by atoms with van der Waals surface area (Å²) in [5.41, 5.74) is 0.923. The standard InChI is InChI=1S/C16H20N4O2S/c1-20(10-12-8-5-9-13(12)21)16(22)18-15-17-14(19-23-15)11-6-3-2-4-7-11/h2-4,6-7,12-13,21H,5,8-10H2,1H3,(H,17,18,19,22). The fourth-order valence-electron chi connectivity index (χ4n) is 2.83. The largest absolute Gasteiger partial charge is 0.393 e. The minimum Gasteiger partial charge on any atom is -0.393 e. The van der Waals surface area contributed by atoms with Crippen molar-refractivity contribution in [1.29, 1.82) is 0 Å². The van der Waals surface area contributed by atoms with Crippen LogP contribution in [-0.4, -0.2) is 45.1 Å². The number of nitrogens with zero attached hydrogens (tertiary/aromatic N) is 3. The highest BCUT2D eigenvalue weighted by atomic mass is 32.1. The molecular weight excluding hydrogens is 312 g/mol. The van der Waals surface area contributed by atoms with Gasteiger partial charge in [-0.15, -0.1) is 0 Å². The Bertz CT molecular complexity index is 661. The molecule has 2 N–H and O–H groups in total. The third-order valence-electron chi connectivity index (χ3n) is 4.15. The van der Waals surface area contributed by atoms with E-state index in [1.807, 2.05) is 30.3 Å². The lowest BCUT2D eigenvalue weighted by molar-refractivity contribution is 0.116. The SMILES string of the molecule is CN(CC1CCCC1O)C(=O)Nc1nc(-c2ccccc2)ns1. The molecule has 2 aromatic rings. The molecule has 1 aliphatic rings. The molecule has 1 saturated carbocycles. The van der Waals surface area contributed by atoms with Gasteiger partial charge >= 0.3 is 6.03 Å². The second-order valence-electron chi connectivity index (χ2n) is 5.86. The topological polar surface area (TPSA) is 78.4 Å². The molecule has 0 bridgehead atoms. The molecule has 3 rings (SSSR count). The van der Waals surface area contributed by atoms with Crippen LogP contribution in [-0.2, 0) is 0 Å². The van der Waals surface area contributed by atoms with Crippen LogP contribution in [0.25, 0.3) is 11.4 Å². The average molecular weight is 332 g/mol. The van der Waals surface area contributed by atoms with E-state index in [4.69, 9.17) is 0 Å². The first-order valence-electron chi connectivity index (χ1n) is 7.73. The number of anilines is 1. The van der Waals surface area contributed by atoms with E-state index in [9.17, 15) is 9.90 Å². The van der Waals surface area contributed by atoms with Gasteiger partial charge in [0.25, 0.3) is 0 Å². The summed E-state index contributed by atoms with van der Waals surface area (Å²) < 4.78 is 4.27. The Morgan fingerprint density at radius 2 is 2.17 bits per heavy atom. The number of benzene rings is 1. The third-order valence-corrected chi connectivity index (χ3v) is 4.78. The third kappa shape index (κ3) is 3.86. The molecule has 2 atom stereocenters. The summed E-state index contributed by atoms with van der Waals surface area (Å²) in [5.74, 6) is 0.778. The van der Waals surface area contributed by atoms with Crippen LogP contribution in [0.3, 0.4) is 0 Å².